The molecule has 4 rings (SSSR count). The number of benzene rings is 3. The van der Waals surface area contributed by atoms with E-state index in [9.17, 15) is 13.2 Å². The molecule has 1 heterocycles. The average molecular weight is 488 g/mol. The first-order chi connectivity index (χ1) is 15.0. The van der Waals surface area contributed by atoms with Gasteiger partial charge in [-0.25, -0.2) is 13.2 Å². The third-order valence-electron chi connectivity index (χ3n) is 5.16. The van der Waals surface area contributed by atoms with Crippen molar-refractivity contribution < 1.29 is 8.42 Å². The van der Waals surface area contributed by atoms with Gasteiger partial charge in [-0.3, -0.25) is 13.9 Å². The van der Waals surface area contributed by atoms with Crippen LogP contribution in [0.3, 0.4) is 0 Å². The monoisotopic (exact) mass is 487 g/mol. The quantitative estimate of drug-likeness (QED) is 0.425. The lowest BCUT2D eigenvalue weighted by atomic mass is 10.2. The maximum absolute atomic E-state index is 13.2. The lowest BCUT2D eigenvalue weighted by Crippen LogP contribution is -2.19. The van der Waals surface area contributed by atoms with Gasteiger partial charge in [0.15, 0.2) is 0 Å². The predicted octanol–water partition coefficient (Wildman–Crippen LogP) is 5.10. The third-order valence-corrected chi connectivity index (χ3v) is 7.83. The molecule has 0 fully saturated rings. The number of hydrogen-bond donors (Lipinski definition) is 1. The Morgan fingerprint density at radius 1 is 0.875 bits per heavy atom. The molecule has 1 N–H and O–H groups in total. The predicted molar refractivity (Wildman–Crippen MR) is 130 cm³/mol. The summed E-state index contributed by atoms with van der Waals surface area (Å²) in [7, 11) is -0.483. The molecule has 9 heteroatoms. The molecule has 0 aliphatic heterocycles. The number of fused-ring (bicyclic) bond motifs is 1. The number of anilines is 1. The van der Waals surface area contributed by atoms with Gasteiger partial charge in [0, 0.05) is 28.9 Å². The molecule has 0 spiro atoms. The highest BCUT2D eigenvalue weighted by Crippen LogP contribution is 2.37. The number of hydrogen-bond acceptors (Lipinski definition) is 4. The van der Waals surface area contributed by atoms with E-state index in [1.807, 2.05) is 38.1 Å². The Bertz CT molecular complexity index is 1480. The van der Waals surface area contributed by atoms with E-state index in [1.54, 1.807) is 49.0 Å². The molecule has 6 nitrogen and oxygen atoms in total. The minimum Gasteiger partial charge on any atom is -0.295 e. The van der Waals surface area contributed by atoms with Crippen LogP contribution in [0.1, 0.15) is 11.1 Å². The molecule has 0 bridgehead atoms. The van der Waals surface area contributed by atoms with E-state index in [-0.39, 0.29) is 10.6 Å². The summed E-state index contributed by atoms with van der Waals surface area (Å²) in [5.41, 5.74) is 3.29. The van der Waals surface area contributed by atoms with Gasteiger partial charge in [-0.2, -0.15) is 0 Å². The largest absolute Gasteiger partial charge is 0.328 e. The van der Waals surface area contributed by atoms with Crippen molar-refractivity contribution in [1.82, 2.24) is 9.13 Å². The van der Waals surface area contributed by atoms with Crippen LogP contribution in [-0.4, -0.2) is 17.6 Å². The second-order valence-electron chi connectivity index (χ2n) is 7.72. The summed E-state index contributed by atoms with van der Waals surface area (Å²) in [4.78, 5) is 14.2. The van der Waals surface area contributed by atoms with E-state index >= 15 is 0 Å². The zero-order chi connectivity index (χ0) is 23.2. The van der Waals surface area contributed by atoms with Gasteiger partial charge in [0.1, 0.15) is 0 Å². The number of halogens is 1. The van der Waals surface area contributed by atoms with Crippen LogP contribution < -0.4 is 10.4 Å². The Morgan fingerprint density at radius 2 is 1.44 bits per heavy atom. The van der Waals surface area contributed by atoms with Crippen molar-refractivity contribution >= 4 is 50.1 Å². The molecule has 0 radical (unpaired) electrons. The molecule has 0 aliphatic carbocycles. The maximum Gasteiger partial charge on any atom is 0.328 e. The average Bonchev–Trinajstić information content (AvgIpc) is 2.93. The van der Waals surface area contributed by atoms with Gasteiger partial charge in [-0.15, -0.1) is 0 Å². The zero-order valence-corrected chi connectivity index (χ0v) is 20.4. The van der Waals surface area contributed by atoms with Crippen LogP contribution in [0.15, 0.2) is 74.1 Å². The number of imidazole rings is 1. The lowest BCUT2D eigenvalue weighted by molar-refractivity contribution is 0.601. The van der Waals surface area contributed by atoms with Gasteiger partial charge in [-0.1, -0.05) is 29.4 Å². The topological polar surface area (TPSA) is 73.1 Å². The summed E-state index contributed by atoms with van der Waals surface area (Å²) >= 11 is 7.40. The summed E-state index contributed by atoms with van der Waals surface area (Å²) in [6, 6.07) is 16.0. The molecule has 0 amide bonds. The van der Waals surface area contributed by atoms with Crippen LogP contribution in [-0.2, 0) is 24.1 Å². The Labute approximate surface area is 195 Å². The third kappa shape index (κ3) is 4.30. The minimum atomic E-state index is -3.84. The lowest BCUT2D eigenvalue weighted by Gasteiger charge is -2.14. The molecule has 0 aliphatic rings. The molecule has 32 heavy (non-hydrogen) atoms. The molecule has 166 valence electrons. The maximum atomic E-state index is 13.2. The van der Waals surface area contributed by atoms with Crippen LogP contribution >= 0.6 is 23.4 Å². The first-order valence-electron chi connectivity index (χ1n) is 9.79. The minimum absolute atomic E-state index is 0.184. The number of sulfonamides is 1. The fourth-order valence-electron chi connectivity index (χ4n) is 3.61. The summed E-state index contributed by atoms with van der Waals surface area (Å²) in [6.45, 7) is 3.72. The van der Waals surface area contributed by atoms with E-state index in [4.69, 9.17) is 11.6 Å². The molecule has 0 unspecified atom stereocenters. The smallest absolute Gasteiger partial charge is 0.295 e. The number of aryl methyl sites for hydroxylation is 4. The van der Waals surface area contributed by atoms with E-state index in [0.717, 1.165) is 16.0 Å². The fourth-order valence-corrected chi connectivity index (χ4v) is 5.98. The first-order valence-corrected chi connectivity index (χ1v) is 12.5. The molecule has 0 atom stereocenters. The molecule has 3 aromatic carbocycles. The van der Waals surface area contributed by atoms with Crippen LogP contribution in [0, 0.1) is 13.8 Å². The SMILES string of the molecule is Cc1cc(C)cc(S(=O)(=O)Nc2cc3c(cc2Sc2ccc(Cl)cc2)n(C)c(=O)n3C)c1. The van der Waals surface area contributed by atoms with Crippen LogP contribution in [0.4, 0.5) is 5.69 Å². The van der Waals surface area contributed by atoms with Gasteiger partial charge in [0.05, 0.1) is 21.6 Å². The summed E-state index contributed by atoms with van der Waals surface area (Å²) in [6.07, 6.45) is 0. The van der Waals surface area contributed by atoms with Crippen molar-refractivity contribution in [1.29, 1.82) is 0 Å². The Balaban J connectivity index is 1.86. The van der Waals surface area contributed by atoms with Crippen LogP contribution in [0.25, 0.3) is 11.0 Å². The van der Waals surface area contributed by atoms with Crippen molar-refractivity contribution in [2.24, 2.45) is 14.1 Å². The highest BCUT2D eigenvalue weighted by atomic mass is 35.5. The normalized spacial score (nSPS) is 11.8. The van der Waals surface area contributed by atoms with Crippen molar-refractivity contribution in [3.63, 3.8) is 0 Å². The van der Waals surface area contributed by atoms with Crippen molar-refractivity contribution in [3.05, 3.63) is 81.2 Å². The van der Waals surface area contributed by atoms with Gasteiger partial charge in [0.25, 0.3) is 10.0 Å². The standard InChI is InChI=1S/C23H22ClN3O3S2/c1-14-9-15(2)11-18(10-14)32(29,30)25-19-12-20-21(27(4)23(28)26(20)3)13-22(19)31-17-7-5-16(24)6-8-17/h5-13,25H,1-4H3. The van der Waals surface area contributed by atoms with Crippen molar-refractivity contribution in [2.45, 2.75) is 28.5 Å². The van der Waals surface area contributed by atoms with Crippen molar-refractivity contribution in [2.75, 3.05) is 4.72 Å². The highest BCUT2D eigenvalue weighted by molar-refractivity contribution is 7.99. The summed E-state index contributed by atoms with van der Waals surface area (Å²) in [5, 5.41) is 0.617. The Kier molecular flexibility index (Phi) is 5.87. The zero-order valence-electron chi connectivity index (χ0n) is 18.0. The molecule has 1 aromatic heterocycles. The molecular formula is C23H22ClN3O3S2. The van der Waals surface area contributed by atoms with Gasteiger partial charge in [-0.05, 0) is 73.5 Å². The van der Waals surface area contributed by atoms with E-state index in [0.29, 0.717) is 26.6 Å². The fraction of sp³-hybridized carbons (Fsp3) is 0.174. The highest BCUT2D eigenvalue weighted by Gasteiger charge is 2.20. The van der Waals surface area contributed by atoms with E-state index in [2.05, 4.69) is 4.72 Å². The van der Waals surface area contributed by atoms with E-state index < -0.39 is 10.0 Å². The summed E-state index contributed by atoms with van der Waals surface area (Å²) < 4.78 is 32.3. The Morgan fingerprint density at radius 3 is 2.03 bits per heavy atom. The molecular weight excluding hydrogens is 466 g/mol. The second-order valence-corrected chi connectivity index (χ2v) is 11.0. The summed E-state index contributed by atoms with van der Waals surface area (Å²) in [5.74, 6) is 0. The Hall–Kier alpha value is -2.68. The van der Waals surface area contributed by atoms with Gasteiger partial charge in [0.2, 0.25) is 0 Å². The first kappa shape index (κ1) is 22.5. The molecule has 0 saturated heterocycles. The van der Waals surface area contributed by atoms with Gasteiger partial charge < -0.3 is 0 Å². The molecule has 0 saturated carbocycles. The second kappa shape index (κ2) is 8.35. The number of rotatable bonds is 5. The van der Waals surface area contributed by atoms with E-state index in [1.165, 1.54) is 16.3 Å². The number of nitrogens with zero attached hydrogens (tertiary/aromatic N) is 2. The van der Waals surface area contributed by atoms with Crippen LogP contribution in [0.5, 0.6) is 0 Å². The molecule has 4 aromatic rings. The van der Waals surface area contributed by atoms with Crippen molar-refractivity contribution in [3.8, 4) is 0 Å². The number of aromatic nitrogens is 2. The van der Waals surface area contributed by atoms with Gasteiger partial charge >= 0.3 is 5.69 Å². The van der Waals surface area contributed by atoms with Crippen LogP contribution in [0.2, 0.25) is 5.02 Å². The number of nitrogens with one attached hydrogen (secondary N) is 1.